The molecule has 0 amide bonds. The zero-order chi connectivity index (χ0) is 21.2. The van der Waals surface area contributed by atoms with Gasteiger partial charge in [-0.25, -0.2) is 4.72 Å². The van der Waals surface area contributed by atoms with Crippen molar-refractivity contribution >= 4 is 21.1 Å². The predicted molar refractivity (Wildman–Crippen MR) is 119 cm³/mol. The maximum Gasteiger partial charge on any atom is 0.278 e. The van der Waals surface area contributed by atoms with Gasteiger partial charge in [0.05, 0.1) is 0 Å². The van der Waals surface area contributed by atoms with Crippen molar-refractivity contribution in [1.29, 1.82) is 0 Å². The highest BCUT2D eigenvalue weighted by Crippen LogP contribution is 2.31. The number of benzene rings is 1. The zero-order valence-electron chi connectivity index (χ0n) is 17.8. The molecule has 0 saturated heterocycles. The third-order valence-corrected chi connectivity index (χ3v) is 6.35. The summed E-state index contributed by atoms with van der Waals surface area (Å²) >= 11 is 0. The third-order valence-electron chi connectivity index (χ3n) is 4.82. The van der Waals surface area contributed by atoms with Crippen molar-refractivity contribution < 1.29 is 8.42 Å². The molecule has 0 aliphatic rings. The molecule has 0 aliphatic heterocycles. The van der Waals surface area contributed by atoms with Gasteiger partial charge in [0, 0.05) is 56.7 Å². The fourth-order valence-corrected chi connectivity index (χ4v) is 4.02. The van der Waals surface area contributed by atoms with Crippen LogP contribution < -0.4 is 4.72 Å². The molecule has 6 nitrogen and oxygen atoms in total. The smallest absolute Gasteiger partial charge is 0.278 e. The Morgan fingerprint density at radius 3 is 2.38 bits per heavy atom. The minimum absolute atomic E-state index is 0.151. The van der Waals surface area contributed by atoms with E-state index in [2.05, 4.69) is 59.4 Å². The van der Waals surface area contributed by atoms with Crippen LogP contribution in [0.2, 0.25) is 0 Å². The Bertz CT molecular complexity index is 1080. The summed E-state index contributed by atoms with van der Waals surface area (Å²) in [5, 5.41) is 1.21. The third kappa shape index (κ3) is 5.23. The number of nitrogens with one attached hydrogen (secondary N) is 1. The number of fused-ring (bicyclic) bond motifs is 1. The molecule has 1 N–H and O–H groups in total. The molecule has 29 heavy (non-hydrogen) atoms. The summed E-state index contributed by atoms with van der Waals surface area (Å²) in [7, 11) is -0.376. The van der Waals surface area contributed by atoms with Crippen LogP contribution in [-0.4, -0.2) is 42.9 Å². The molecule has 2 heterocycles. The summed E-state index contributed by atoms with van der Waals surface area (Å²) < 4.78 is 29.9. The van der Waals surface area contributed by atoms with Gasteiger partial charge in [0.25, 0.3) is 10.2 Å². The van der Waals surface area contributed by atoms with E-state index in [0.717, 1.165) is 23.1 Å². The lowest BCUT2D eigenvalue weighted by molar-refractivity contribution is 0.412. The van der Waals surface area contributed by atoms with Crippen LogP contribution in [0.25, 0.3) is 22.0 Å². The van der Waals surface area contributed by atoms with Gasteiger partial charge in [-0.3, -0.25) is 4.98 Å². The Morgan fingerprint density at radius 2 is 1.76 bits per heavy atom. The van der Waals surface area contributed by atoms with E-state index in [9.17, 15) is 8.42 Å². The molecule has 0 aliphatic carbocycles. The zero-order valence-corrected chi connectivity index (χ0v) is 18.6. The monoisotopic (exact) mass is 414 g/mol. The first-order chi connectivity index (χ1) is 13.6. The van der Waals surface area contributed by atoms with E-state index in [1.54, 1.807) is 12.4 Å². The second kappa shape index (κ2) is 8.26. The van der Waals surface area contributed by atoms with Crippen molar-refractivity contribution in [3.63, 3.8) is 0 Å². The largest absolute Gasteiger partial charge is 0.346 e. The first kappa shape index (κ1) is 21.5. The molecule has 0 unspecified atom stereocenters. The van der Waals surface area contributed by atoms with Gasteiger partial charge in [-0.1, -0.05) is 26.8 Å². The minimum Gasteiger partial charge on any atom is -0.346 e. The van der Waals surface area contributed by atoms with Crippen LogP contribution in [0.4, 0.5) is 0 Å². The van der Waals surface area contributed by atoms with E-state index in [-0.39, 0.29) is 5.41 Å². The Labute approximate surface area is 173 Å². The van der Waals surface area contributed by atoms with Gasteiger partial charge >= 0.3 is 0 Å². The predicted octanol–water partition coefficient (Wildman–Crippen LogP) is 3.69. The van der Waals surface area contributed by atoms with Crippen LogP contribution in [0.5, 0.6) is 0 Å². The molecule has 2 aromatic heterocycles. The lowest BCUT2D eigenvalue weighted by Crippen LogP contribution is -2.37. The van der Waals surface area contributed by atoms with Crippen LogP contribution in [-0.2, 0) is 23.2 Å². The summed E-state index contributed by atoms with van der Waals surface area (Å²) in [6.45, 7) is 7.60. The summed E-state index contributed by atoms with van der Waals surface area (Å²) in [6.07, 6.45) is 6.71. The van der Waals surface area contributed by atoms with Gasteiger partial charge in [-0.15, -0.1) is 0 Å². The SMILES string of the molecule is CN(C)S(=O)(=O)NCCn1cc(CC(C)(C)C)c2cc(-c3ccncc3)ccc21. The van der Waals surface area contributed by atoms with E-state index < -0.39 is 10.2 Å². The van der Waals surface area contributed by atoms with Crippen molar-refractivity contribution in [2.24, 2.45) is 5.41 Å². The maximum absolute atomic E-state index is 12.0. The topological polar surface area (TPSA) is 67.2 Å². The van der Waals surface area contributed by atoms with Crippen LogP contribution in [0.15, 0.2) is 48.9 Å². The first-order valence-corrected chi connectivity index (χ1v) is 11.2. The van der Waals surface area contributed by atoms with Crippen LogP contribution in [0.3, 0.4) is 0 Å². The molecule has 3 aromatic rings. The van der Waals surface area contributed by atoms with E-state index in [0.29, 0.717) is 13.1 Å². The number of hydrogen-bond acceptors (Lipinski definition) is 3. The van der Waals surface area contributed by atoms with E-state index in [1.807, 2.05) is 12.1 Å². The number of aromatic nitrogens is 2. The molecular formula is C22H30N4O2S. The highest BCUT2D eigenvalue weighted by atomic mass is 32.2. The molecule has 7 heteroatoms. The average Bonchev–Trinajstić information content (AvgIpc) is 2.97. The molecule has 0 radical (unpaired) electrons. The fraction of sp³-hybridized carbons (Fsp3) is 0.409. The summed E-state index contributed by atoms with van der Waals surface area (Å²) in [4.78, 5) is 4.11. The lowest BCUT2D eigenvalue weighted by Gasteiger charge is -2.17. The maximum atomic E-state index is 12.0. The fourth-order valence-electron chi connectivity index (χ4n) is 3.42. The van der Waals surface area contributed by atoms with Gasteiger partial charge in [0.1, 0.15) is 0 Å². The van der Waals surface area contributed by atoms with Crippen LogP contribution in [0, 0.1) is 5.41 Å². The van der Waals surface area contributed by atoms with Crippen LogP contribution >= 0.6 is 0 Å². The molecule has 0 bridgehead atoms. The first-order valence-electron chi connectivity index (χ1n) is 9.76. The Balaban J connectivity index is 1.96. The highest BCUT2D eigenvalue weighted by molar-refractivity contribution is 7.87. The number of hydrogen-bond donors (Lipinski definition) is 1. The molecular weight excluding hydrogens is 384 g/mol. The minimum atomic E-state index is -3.42. The summed E-state index contributed by atoms with van der Waals surface area (Å²) in [5.41, 5.74) is 4.83. The molecule has 0 saturated carbocycles. The second-order valence-corrected chi connectivity index (χ2v) is 10.7. The Kier molecular flexibility index (Phi) is 6.12. The van der Waals surface area contributed by atoms with Gasteiger partial charge in [-0.05, 0) is 52.8 Å². The normalized spacial score (nSPS) is 12.8. The van der Waals surface area contributed by atoms with Gasteiger partial charge in [-0.2, -0.15) is 12.7 Å². The molecule has 0 spiro atoms. The van der Waals surface area contributed by atoms with Gasteiger partial charge < -0.3 is 4.57 Å². The Hall–Kier alpha value is -2.22. The molecule has 0 fully saturated rings. The Morgan fingerprint density at radius 1 is 1.07 bits per heavy atom. The summed E-state index contributed by atoms with van der Waals surface area (Å²) in [6, 6.07) is 10.5. The van der Waals surface area contributed by atoms with Crippen molar-refractivity contribution in [2.45, 2.75) is 33.7 Å². The standard InChI is InChI=1S/C22H30N4O2S/c1-22(2,3)15-19-16-26(13-12-24-29(27,28)25(4)5)21-7-6-18(14-20(19)21)17-8-10-23-11-9-17/h6-11,14,16,24H,12-13,15H2,1-5H3. The van der Waals surface area contributed by atoms with Crippen molar-refractivity contribution in [3.05, 3.63) is 54.5 Å². The van der Waals surface area contributed by atoms with Crippen molar-refractivity contribution in [3.8, 4) is 11.1 Å². The van der Waals surface area contributed by atoms with Crippen LogP contribution in [0.1, 0.15) is 26.3 Å². The van der Waals surface area contributed by atoms with E-state index in [4.69, 9.17) is 0 Å². The van der Waals surface area contributed by atoms with Crippen molar-refractivity contribution in [1.82, 2.24) is 18.6 Å². The second-order valence-electron chi connectivity index (χ2n) is 8.73. The molecule has 3 rings (SSSR count). The molecule has 0 atom stereocenters. The van der Waals surface area contributed by atoms with Gasteiger partial charge in [0.2, 0.25) is 0 Å². The molecule has 156 valence electrons. The summed E-state index contributed by atoms with van der Waals surface area (Å²) in [5.74, 6) is 0. The highest BCUT2D eigenvalue weighted by Gasteiger charge is 2.18. The van der Waals surface area contributed by atoms with Crippen molar-refractivity contribution in [2.75, 3.05) is 20.6 Å². The molecule has 1 aromatic carbocycles. The lowest BCUT2D eigenvalue weighted by atomic mass is 9.88. The average molecular weight is 415 g/mol. The number of nitrogens with zero attached hydrogens (tertiary/aromatic N) is 3. The number of pyridine rings is 1. The van der Waals surface area contributed by atoms with E-state index >= 15 is 0 Å². The quantitative estimate of drug-likeness (QED) is 0.641. The van der Waals surface area contributed by atoms with E-state index in [1.165, 1.54) is 29.4 Å². The number of rotatable bonds is 7. The van der Waals surface area contributed by atoms with Gasteiger partial charge in [0.15, 0.2) is 0 Å².